The summed E-state index contributed by atoms with van der Waals surface area (Å²) in [6, 6.07) is 17.1. The molecule has 0 unspecified atom stereocenters. The number of hydrogen-bond donors (Lipinski definition) is 0. The third-order valence-corrected chi connectivity index (χ3v) is 6.20. The van der Waals surface area contributed by atoms with Gasteiger partial charge >= 0.3 is 0 Å². The summed E-state index contributed by atoms with van der Waals surface area (Å²) < 4.78 is 5.49. The minimum Gasteiger partial charge on any atom is -0.381 e. The SMILES string of the molecule is COC1CCC2(CC1)Cc1ccc(CCc3ccccc3)cc1C2=O. The van der Waals surface area contributed by atoms with Gasteiger partial charge in [0.25, 0.3) is 0 Å². The normalized spacial score (nSPS) is 25.3. The summed E-state index contributed by atoms with van der Waals surface area (Å²) in [5, 5.41) is 0. The molecule has 0 bridgehead atoms. The summed E-state index contributed by atoms with van der Waals surface area (Å²) in [6.45, 7) is 0. The van der Waals surface area contributed by atoms with Crippen molar-refractivity contribution in [1.82, 2.24) is 0 Å². The number of ether oxygens (including phenoxy) is 1. The van der Waals surface area contributed by atoms with E-state index in [0.29, 0.717) is 11.9 Å². The number of fused-ring (bicyclic) bond motifs is 1. The lowest BCUT2D eigenvalue weighted by atomic mass is 9.70. The van der Waals surface area contributed by atoms with Gasteiger partial charge in [0, 0.05) is 18.1 Å². The third-order valence-electron chi connectivity index (χ3n) is 6.20. The summed E-state index contributed by atoms with van der Waals surface area (Å²) >= 11 is 0. The highest BCUT2D eigenvalue weighted by Crippen LogP contribution is 2.47. The fraction of sp³-hybridized carbons (Fsp3) is 0.435. The molecule has 2 heteroatoms. The number of rotatable bonds is 4. The highest BCUT2D eigenvalue weighted by molar-refractivity contribution is 6.05. The maximum atomic E-state index is 13.2. The topological polar surface area (TPSA) is 26.3 Å². The zero-order valence-electron chi connectivity index (χ0n) is 15.0. The van der Waals surface area contributed by atoms with Gasteiger partial charge in [-0.3, -0.25) is 4.79 Å². The van der Waals surface area contributed by atoms with Crippen molar-refractivity contribution in [1.29, 1.82) is 0 Å². The average molecular weight is 334 g/mol. The van der Waals surface area contributed by atoms with E-state index >= 15 is 0 Å². The molecule has 0 atom stereocenters. The molecule has 0 N–H and O–H groups in total. The van der Waals surface area contributed by atoms with Gasteiger partial charge in [0.1, 0.15) is 0 Å². The van der Waals surface area contributed by atoms with Crippen LogP contribution in [-0.2, 0) is 24.0 Å². The molecule has 0 heterocycles. The Balaban J connectivity index is 1.49. The van der Waals surface area contributed by atoms with Crippen molar-refractivity contribution in [2.45, 2.75) is 51.0 Å². The number of ketones is 1. The van der Waals surface area contributed by atoms with E-state index in [9.17, 15) is 4.79 Å². The second-order valence-corrected chi connectivity index (χ2v) is 7.70. The van der Waals surface area contributed by atoms with E-state index in [1.54, 1.807) is 7.11 Å². The average Bonchev–Trinajstić information content (AvgIpc) is 2.93. The standard InChI is InChI=1S/C23H26O2/c1-25-20-11-13-23(14-12-20)16-19-10-9-18(15-21(19)22(23)24)8-7-17-5-3-2-4-6-17/h2-6,9-10,15,20H,7-8,11-14,16H2,1H3. The van der Waals surface area contributed by atoms with Gasteiger partial charge in [-0.2, -0.15) is 0 Å². The van der Waals surface area contributed by atoms with E-state index in [1.807, 2.05) is 0 Å². The molecule has 2 aromatic rings. The molecule has 2 aromatic carbocycles. The smallest absolute Gasteiger partial charge is 0.169 e. The molecule has 0 saturated heterocycles. The third kappa shape index (κ3) is 3.16. The molecular formula is C23H26O2. The van der Waals surface area contributed by atoms with Crippen LogP contribution in [0.2, 0.25) is 0 Å². The van der Waals surface area contributed by atoms with Crippen LogP contribution in [0.3, 0.4) is 0 Å². The van der Waals surface area contributed by atoms with Gasteiger partial charge < -0.3 is 4.74 Å². The quantitative estimate of drug-likeness (QED) is 0.804. The van der Waals surface area contributed by atoms with E-state index < -0.39 is 0 Å². The molecule has 1 spiro atoms. The predicted octanol–water partition coefficient (Wildman–Crippen LogP) is 4.79. The van der Waals surface area contributed by atoms with Crippen molar-refractivity contribution < 1.29 is 9.53 Å². The monoisotopic (exact) mass is 334 g/mol. The van der Waals surface area contributed by atoms with Crippen LogP contribution in [-0.4, -0.2) is 19.0 Å². The molecule has 2 aliphatic rings. The van der Waals surface area contributed by atoms with Crippen LogP contribution >= 0.6 is 0 Å². The molecular weight excluding hydrogens is 308 g/mol. The van der Waals surface area contributed by atoms with E-state index in [0.717, 1.165) is 50.5 Å². The fourth-order valence-corrected chi connectivity index (χ4v) is 4.59. The van der Waals surface area contributed by atoms with Crippen molar-refractivity contribution in [2.24, 2.45) is 5.41 Å². The molecule has 2 aliphatic carbocycles. The summed E-state index contributed by atoms with van der Waals surface area (Å²) in [6.07, 6.45) is 7.24. The summed E-state index contributed by atoms with van der Waals surface area (Å²) in [7, 11) is 1.78. The molecule has 0 radical (unpaired) electrons. The van der Waals surface area contributed by atoms with Crippen molar-refractivity contribution in [3.63, 3.8) is 0 Å². The zero-order chi connectivity index (χ0) is 17.3. The van der Waals surface area contributed by atoms with Crippen molar-refractivity contribution >= 4 is 5.78 Å². The lowest BCUT2D eigenvalue weighted by Gasteiger charge is -2.35. The second-order valence-electron chi connectivity index (χ2n) is 7.70. The first-order valence-electron chi connectivity index (χ1n) is 9.43. The summed E-state index contributed by atoms with van der Waals surface area (Å²) in [5.41, 5.74) is 4.73. The Morgan fingerprint density at radius 1 is 1.00 bits per heavy atom. The highest BCUT2D eigenvalue weighted by atomic mass is 16.5. The molecule has 1 fully saturated rings. The number of carbonyl (C=O) groups excluding carboxylic acids is 1. The van der Waals surface area contributed by atoms with Gasteiger partial charge in [0.05, 0.1) is 6.10 Å². The van der Waals surface area contributed by atoms with Crippen LogP contribution in [0.1, 0.15) is 52.7 Å². The van der Waals surface area contributed by atoms with Crippen molar-refractivity contribution in [3.05, 3.63) is 70.8 Å². The van der Waals surface area contributed by atoms with Crippen LogP contribution in [0.15, 0.2) is 48.5 Å². The summed E-state index contributed by atoms with van der Waals surface area (Å²) in [4.78, 5) is 13.2. The van der Waals surface area contributed by atoms with Gasteiger partial charge in [-0.25, -0.2) is 0 Å². The first-order chi connectivity index (χ1) is 12.2. The van der Waals surface area contributed by atoms with E-state index in [2.05, 4.69) is 48.5 Å². The number of carbonyl (C=O) groups is 1. The van der Waals surface area contributed by atoms with Gasteiger partial charge in [0.15, 0.2) is 5.78 Å². The van der Waals surface area contributed by atoms with Crippen LogP contribution in [0.4, 0.5) is 0 Å². The Bertz CT molecular complexity index is 755. The number of Topliss-reactive ketones (excluding diaryl/α,β-unsaturated/α-hetero) is 1. The Morgan fingerprint density at radius 2 is 1.72 bits per heavy atom. The van der Waals surface area contributed by atoms with Gasteiger partial charge in [-0.05, 0) is 67.7 Å². The van der Waals surface area contributed by atoms with Crippen LogP contribution in [0.25, 0.3) is 0 Å². The lowest BCUT2D eigenvalue weighted by Crippen LogP contribution is -2.35. The maximum absolute atomic E-state index is 13.2. The van der Waals surface area contributed by atoms with Crippen LogP contribution in [0.5, 0.6) is 0 Å². The molecule has 4 rings (SSSR count). The molecule has 2 nitrogen and oxygen atoms in total. The Labute approximate surface area is 150 Å². The Kier molecular flexibility index (Phi) is 4.47. The first-order valence-corrected chi connectivity index (χ1v) is 9.43. The molecule has 0 amide bonds. The largest absolute Gasteiger partial charge is 0.381 e. The fourth-order valence-electron chi connectivity index (χ4n) is 4.59. The van der Waals surface area contributed by atoms with Crippen LogP contribution < -0.4 is 0 Å². The van der Waals surface area contributed by atoms with Crippen LogP contribution in [0, 0.1) is 5.41 Å². The van der Waals surface area contributed by atoms with E-state index in [-0.39, 0.29) is 5.41 Å². The molecule has 0 aromatic heterocycles. The zero-order valence-corrected chi connectivity index (χ0v) is 15.0. The Hall–Kier alpha value is -1.93. The number of hydrogen-bond acceptors (Lipinski definition) is 2. The van der Waals surface area contributed by atoms with E-state index in [1.165, 1.54) is 16.7 Å². The molecule has 25 heavy (non-hydrogen) atoms. The van der Waals surface area contributed by atoms with E-state index in [4.69, 9.17) is 4.74 Å². The minimum absolute atomic E-state index is 0.143. The maximum Gasteiger partial charge on any atom is 0.169 e. The highest BCUT2D eigenvalue weighted by Gasteiger charge is 2.47. The van der Waals surface area contributed by atoms with Crippen molar-refractivity contribution in [3.8, 4) is 0 Å². The number of methoxy groups -OCH3 is 1. The summed E-state index contributed by atoms with van der Waals surface area (Å²) in [5.74, 6) is 0.388. The van der Waals surface area contributed by atoms with Gasteiger partial charge in [-0.15, -0.1) is 0 Å². The van der Waals surface area contributed by atoms with Gasteiger partial charge in [0.2, 0.25) is 0 Å². The Morgan fingerprint density at radius 3 is 2.44 bits per heavy atom. The number of benzene rings is 2. The second kappa shape index (κ2) is 6.76. The molecule has 0 aliphatic heterocycles. The first kappa shape index (κ1) is 16.5. The van der Waals surface area contributed by atoms with Crippen molar-refractivity contribution in [2.75, 3.05) is 7.11 Å². The lowest BCUT2D eigenvalue weighted by molar-refractivity contribution is 0.0285. The molecule has 1 saturated carbocycles. The predicted molar refractivity (Wildman–Crippen MR) is 100 cm³/mol. The molecule has 130 valence electrons. The minimum atomic E-state index is -0.143. The van der Waals surface area contributed by atoms with Gasteiger partial charge in [-0.1, -0.05) is 42.5 Å². The number of aryl methyl sites for hydroxylation is 2.